The van der Waals surface area contributed by atoms with Crippen molar-refractivity contribution in [2.75, 3.05) is 0 Å². The van der Waals surface area contributed by atoms with Gasteiger partial charge in [-0.15, -0.1) is 0 Å². The smallest absolute Gasteiger partial charge is 0.221 e. The minimum atomic E-state index is 0.867. The van der Waals surface area contributed by atoms with E-state index in [-0.39, 0.29) is 0 Å². The van der Waals surface area contributed by atoms with Crippen molar-refractivity contribution < 1.29 is 9.30 Å². The van der Waals surface area contributed by atoms with E-state index >= 15 is 0 Å². The maximum Gasteiger partial charge on any atom is 0.221 e. The Hall–Kier alpha value is -3.13. The molecule has 1 aliphatic rings. The minimum Gasteiger partial charge on any atom is -0.457 e. The van der Waals surface area contributed by atoms with Crippen LogP contribution in [0.4, 0.5) is 0 Å². The predicted octanol–water partition coefficient (Wildman–Crippen LogP) is 4.95. The van der Waals surface area contributed by atoms with Crippen LogP contribution in [0.25, 0.3) is 22.0 Å². The zero-order valence-corrected chi connectivity index (χ0v) is 13.1. The minimum absolute atomic E-state index is 0.867. The van der Waals surface area contributed by atoms with Crippen LogP contribution in [0.1, 0.15) is 5.56 Å². The topological polar surface area (TPSA) is 13.1 Å². The second-order valence-corrected chi connectivity index (χ2v) is 6.11. The van der Waals surface area contributed by atoms with Crippen molar-refractivity contribution in [3.05, 3.63) is 90.6 Å². The number of benzene rings is 3. The fourth-order valence-electron chi connectivity index (χ4n) is 3.49. The van der Waals surface area contributed by atoms with Gasteiger partial charge < -0.3 is 4.74 Å². The Morgan fingerprint density at radius 2 is 1.58 bits per heavy atom. The van der Waals surface area contributed by atoms with Gasteiger partial charge in [0, 0.05) is 11.6 Å². The van der Waals surface area contributed by atoms with E-state index in [0.717, 1.165) is 18.0 Å². The van der Waals surface area contributed by atoms with Gasteiger partial charge in [-0.25, -0.2) is 0 Å². The molecule has 0 saturated carbocycles. The maximum atomic E-state index is 5.98. The molecule has 2 heteroatoms. The van der Waals surface area contributed by atoms with Crippen LogP contribution in [0.15, 0.2) is 85.1 Å². The van der Waals surface area contributed by atoms with Crippen molar-refractivity contribution in [1.82, 2.24) is 0 Å². The van der Waals surface area contributed by atoms with Crippen molar-refractivity contribution in [2.45, 2.75) is 6.54 Å². The van der Waals surface area contributed by atoms with Crippen LogP contribution < -0.4 is 9.30 Å². The lowest BCUT2D eigenvalue weighted by atomic mass is 10.0. The molecule has 0 bridgehead atoms. The monoisotopic (exact) mass is 310 g/mol. The van der Waals surface area contributed by atoms with Crippen molar-refractivity contribution in [2.24, 2.45) is 0 Å². The van der Waals surface area contributed by atoms with Crippen molar-refractivity contribution >= 4 is 10.8 Å². The second-order valence-electron chi connectivity index (χ2n) is 6.11. The molecule has 0 saturated heterocycles. The molecule has 0 N–H and O–H groups in total. The van der Waals surface area contributed by atoms with E-state index < -0.39 is 0 Å². The highest BCUT2D eigenvalue weighted by atomic mass is 16.5. The Kier molecular flexibility index (Phi) is 2.89. The lowest BCUT2D eigenvalue weighted by Crippen LogP contribution is -2.31. The molecular formula is C22H16NO+. The molecule has 2 heterocycles. The molecule has 114 valence electrons. The second kappa shape index (κ2) is 5.20. The third kappa shape index (κ3) is 2.08. The predicted molar refractivity (Wildman–Crippen MR) is 95.2 cm³/mol. The Balaban J connectivity index is 1.60. The number of fused-ring (bicyclic) bond motifs is 5. The number of para-hydroxylation sites is 1. The number of nitrogens with zero attached hydrogens (tertiary/aromatic N) is 1. The summed E-state index contributed by atoms with van der Waals surface area (Å²) in [7, 11) is 0. The normalized spacial score (nSPS) is 12.0. The number of rotatable bonds is 2. The van der Waals surface area contributed by atoms with Gasteiger partial charge in [-0.05, 0) is 41.8 Å². The van der Waals surface area contributed by atoms with Gasteiger partial charge in [0.2, 0.25) is 5.69 Å². The third-order valence-corrected chi connectivity index (χ3v) is 4.59. The molecule has 2 nitrogen and oxygen atoms in total. The van der Waals surface area contributed by atoms with Crippen LogP contribution in [0.5, 0.6) is 11.5 Å². The maximum absolute atomic E-state index is 5.98. The zero-order valence-electron chi connectivity index (χ0n) is 13.1. The van der Waals surface area contributed by atoms with Crippen molar-refractivity contribution in [3.63, 3.8) is 0 Å². The largest absolute Gasteiger partial charge is 0.457 e. The SMILES string of the molecule is c1ccc(Oc2ccc3c(c2)C[n+]2ccc4ccccc4c2-3)cc1. The summed E-state index contributed by atoms with van der Waals surface area (Å²) >= 11 is 0. The van der Waals surface area contributed by atoms with E-state index in [1.165, 1.54) is 27.6 Å². The fraction of sp³-hybridized carbons (Fsp3) is 0.0455. The molecule has 0 amide bonds. The summed E-state index contributed by atoms with van der Waals surface area (Å²) in [5.41, 5.74) is 3.90. The number of hydrogen-bond donors (Lipinski definition) is 0. The van der Waals surface area contributed by atoms with Crippen LogP contribution in [-0.2, 0) is 6.54 Å². The first-order chi connectivity index (χ1) is 11.9. The Bertz CT molecular complexity index is 1050. The summed E-state index contributed by atoms with van der Waals surface area (Å²) in [6, 6.07) is 27.1. The van der Waals surface area contributed by atoms with Crippen molar-refractivity contribution in [1.29, 1.82) is 0 Å². The third-order valence-electron chi connectivity index (χ3n) is 4.59. The quantitative estimate of drug-likeness (QED) is 0.421. The molecule has 0 aliphatic carbocycles. The number of hydrogen-bond acceptors (Lipinski definition) is 1. The van der Waals surface area contributed by atoms with E-state index in [9.17, 15) is 0 Å². The Labute approximate surface area is 140 Å². The molecule has 1 aliphatic heterocycles. The van der Waals surface area contributed by atoms with Crippen LogP contribution in [0.3, 0.4) is 0 Å². The van der Waals surface area contributed by atoms with Crippen LogP contribution >= 0.6 is 0 Å². The first-order valence-corrected chi connectivity index (χ1v) is 8.16. The number of pyridine rings is 1. The Morgan fingerprint density at radius 1 is 0.750 bits per heavy atom. The lowest BCUT2D eigenvalue weighted by Gasteiger charge is -2.06. The first kappa shape index (κ1) is 13.3. The molecule has 0 atom stereocenters. The van der Waals surface area contributed by atoms with Gasteiger partial charge in [0.25, 0.3) is 0 Å². The highest BCUT2D eigenvalue weighted by Gasteiger charge is 2.28. The summed E-state index contributed by atoms with van der Waals surface area (Å²) in [5.74, 6) is 1.75. The molecule has 0 spiro atoms. The van der Waals surface area contributed by atoms with Gasteiger partial charge in [-0.3, -0.25) is 0 Å². The summed E-state index contributed by atoms with van der Waals surface area (Å²) in [6.07, 6.45) is 2.18. The van der Waals surface area contributed by atoms with Gasteiger partial charge >= 0.3 is 0 Å². The van der Waals surface area contributed by atoms with Crippen LogP contribution in [-0.4, -0.2) is 0 Å². The van der Waals surface area contributed by atoms with E-state index in [0.29, 0.717) is 0 Å². The molecule has 0 fully saturated rings. The van der Waals surface area contributed by atoms with Gasteiger partial charge in [-0.1, -0.05) is 36.4 Å². The molecule has 4 aromatic rings. The zero-order chi connectivity index (χ0) is 15.9. The van der Waals surface area contributed by atoms with E-state index in [4.69, 9.17) is 4.74 Å². The highest BCUT2D eigenvalue weighted by molar-refractivity contribution is 5.94. The molecule has 5 rings (SSSR count). The van der Waals surface area contributed by atoms with Gasteiger partial charge in [0.15, 0.2) is 12.7 Å². The average Bonchev–Trinajstić information content (AvgIpc) is 3.01. The van der Waals surface area contributed by atoms with Crippen molar-refractivity contribution in [3.8, 4) is 22.8 Å². The van der Waals surface area contributed by atoms with Gasteiger partial charge in [-0.2, -0.15) is 4.57 Å². The van der Waals surface area contributed by atoms with E-state index in [2.05, 4.69) is 59.3 Å². The molecule has 1 aromatic heterocycles. The summed E-state index contributed by atoms with van der Waals surface area (Å²) in [6.45, 7) is 0.890. The average molecular weight is 310 g/mol. The molecule has 3 aromatic carbocycles. The summed E-state index contributed by atoms with van der Waals surface area (Å²) in [5, 5.41) is 2.58. The van der Waals surface area contributed by atoms with Crippen LogP contribution in [0, 0.1) is 0 Å². The highest BCUT2D eigenvalue weighted by Crippen LogP contribution is 2.35. The summed E-state index contributed by atoms with van der Waals surface area (Å²) < 4.78 is 8.30. The molecule has 24 heavy (non-hydrogen) atoms. The Morgan fingerprint density at radius 3 is 2.50 bits per heavy atom. The van der Waals surface area contributed by atoms with Gasteiger partial charge in [0.1, 0.15) is 11.5 Å². The first-order valence-electron chi connectivity index (χ1n) is 8.16. The standard InChI is InChI=1S/C22H16NO/c1-2-7-18(8-3-1)24-19-10-11-21-17(14-19)15-23-13-12-16-6-4-5-9-20(16)22(21)23/h1-14H,15H2/q+1. The lowest BCUT2D eigenvalue weighted by molar-refractivity contribution is -0.671. The number of aromatic nitrogens is 1. The van der Waals surface area contributed by atoms with Crippen LogP contribution in [0.2, 0.25) is 0 Å². The van der Waals surface area contributed by atoms with Gasteiger partial charge in [0.05, 0.1) is 10.9 Å². The molecular weight excluding hydrogens is 294 g/mol. The molecule has 0 unspecified atom stereocenters. The van der Waals surface area contributed by atoms with E-state index in [1.54, 1.807) is 0 Å². The fourth-order valence-corrected chi connectivity index (χ4v) is 3.49. The summed E-state index contributed by atoms with van der Waals surface area (Å²) in [4.78, 5) is 0. The van der Waals surface area contributed by atoms with E-state index in [1.807, 2.05) is 30.3 Å². The number of ether oxygens (including phenoxy) is 1. The molecule has 0 radical (unpaired) electrons.